The zero-order valence-corrected chi connectivity index (χ0v) is 8.53. The number of rotatable bonds is 3. The van der Waals surface area contributed by atoms with E-state index >= 15 is 0 Å². The second kappa shape index (κ2) is 4.13. The molecule has 1 N–H and O–H groups in total. The molecule has 0 bridgehead atoms. The van der Waals surface area contributed by atoms with Crippen molar-refractivity contribution in [2.75, 3.05) is 0 Å². The van der Waals surface area contributed by atoms with Gasteiger partial charge in [-0.05, 0) is 23.3 Å². The van der Waals surface area contributed by atoms with Gasteiger partial charge >= 0.3 is 6.41 Å². The van der Waals surface area contributed by atoms with Gasteiger partial charge in [0.25, 0.3) is 0 Å². The molecule has 1 atom stereocenters. The third-order valence-electron chi connectivity index (χ3n) is 2.57. The van der Waals surface area contributed by atoms with Crippen molar-refractivity contribution >= 4 is 17.2 Å². The molecule has 0 spiro atoms. The van der Waals surface area contributed by atoms with Crippen LogP contribution in [-0.2, 0) is 4.79 Å². The lowest BCUT2D eigenvalue weighted by molar-refractivity contribution is 0.530. The van der Waals surface area contributed by atoms with Gasteiger partial charge in [-0.2, -0.15) is 0 Å². The van der Waals surface area contributed by atoms with Crippen molar-refractivity contribution in [1.29, 1.82) is 0 Å². The molecule has 2 rings (SSSR count). The van der Waals surface area contributed by atoms with Crippen molar-refractivity contribution in [3.8, 4) is 0 Å². The number of hydrogen-bond acceptors (Lipinski definition) is 1. The maximum absolute atomic E-state index is 10.3. The lowest BCUT2D eigenvalue weighted by Crippen LogP contribution is -2.16. The highest BCUT2D eigenvalue weighted by Gasteiger charge is 2.07. The van der Waals surface area contributed by atoms with E-state index in [0.29, 0.717) is 0 Å². The van der Waals surface area contributed by atoms with Gasteiger partial charge in [0.1, 0.15) is 0 Å². The highest BCUT2D eigenvalue weighted by molar-refractivity contribution is 5.86. The van der Waals surface area contributed by atoms with Gasteiger partial charge in [0, 0.05) is 0 Å². The lowest BCUT2D eigenvalue weighted by Gasteiger charge is -2.12. The summed E-state index contributed by atoms with van der Waals surface area (Å²) in [6.07, 6.45) is 1.73. The van der Waals surface area contributed by atoms with Crippen LogP contribution in [0.1, 0.15) is 18.5 Å². The van der Waals surface area contributed by atoms with E-state index in [1.165, 1.54) is 10.8 Å². The summed E-state index contributed by atoms with van der Waals surface area (Å²) in [5, 5.41) is 5.01. The molecule has 0 fully saturated rings. The van der Waals surface area contributed by atoms with E-state index in [2.05, 4.69) is 23.5 Å². The standard InChI is InChI=1S/C13H12NO/c1-10(14-9-15)12-8-4-6-11-5-2-3-7-13(11)12/h2-8,10H,1H3,(H,14,15)/t10-/m1/s1. The summed E-state index contributed by atoms with van der Waals surface area (Å²) in [5.41, 5.74) is 1.12. The van der Waals surface area contributed by atoms with Crippen LogP contribution in [0.2, 0.25) is 0 Å². The molecule has 1 radical (unpaired) electrons. The Morgan fingerprint density at radius 1 is 1.13 bits per heavy atom. The Morgan fingerprint density at radius 3 is 2.67 bits per heavy atom. The molecule has 0 aromatic heterocycles. The molecule has 0 aliphatic rings. The van der Waals surface area contributed by atoms with Crippen LogP contribution in [0, 0.1) is 0 Å². The van der Waals surface area contributed by atoms with Gasteiger partial charge in [-0.25, -0.2) is 0 Å². The average molecular weight is 198 g/mol. The molecule has 15 heavy (non-hydrogen) atoms. The number of fused-ring (bicyclic) bond motifs is 1. The number of benzene rings is 2. The fourth-order valence-corrected chi connectivity index (χ4v) is 1.79. The number of amides is 1. The van der Waals surface area contributed by atoms with Gasteiger partial charge < -0.3 is 5.32 Å². The molecule has 0 saturated heterocycles. The molecule has 75 valence electrons. The first-order valence-electron chi connectivity index (χ1n) is 4.93. The van der Waals surface area contributed by atoms with E-state index < -0.39 is 0 Å². The van der Waals surface area contributed by atoms with E-state index in [-0.39, 0.29) is 6.04 Å². The van der Waals surface area contributed by atoms with Gasteiger partial charge in [-0.1, -0.05) is 42.5 Å². The van der Waals surface area contributed by atoms with E-state index in [0.717, 1.165) is 5.56 Å². The van der Waals surface area contributed by atoms with Crippen LogP contribution in [0.4, 0.5) is 0 Å². The molecular formula is C13H12NO. The van der Waals surface area contributed by atoms with Crippen LogP contribution in [0.15, 0.2) is 42.5 Å². The first-order valence-corrected chi connectivity index (χ1v) is 4.93. The van der Waals surface area contributed by atoms with Crippen LogP contribution in [0.3, 0.4) is 0 Å². The van der Waals surface area contributed by atoms with Gasteiger partial charge in [-0.3, -0.25) is 4.79 Å². The van der Waals surface area contributed by atoms with Crippen molar-refractivity contribution in [3.05, 3.63) is 48.0 Å². The molecule has 2 heteroatoms. The Hall–Kier alpha value is -1.83. The third kappa shape index (κ3) is 1.84. The van der Waals surface area contributed by atoms with Gasteiger partial charge in [-0.15, -0.1) is 0 Å². The zero-order valence-electron chi connectivity index (χ0n) is 8.53. The number of nitrogens with one attached hydrogen (secondary N) is 1. The molecule has 0 aliphatic heterocycles. The summed E-state index contributed by atoms with van der Waals surface area (Å²) in [6.45, 7) is 1.95. The van der Waals surface area contributed by atoms with Crippen molar-refractivity contribution < 1.29 is 4.79 Å². The number of carbonyl (C=O) groups excluding carboxylic acids is 1. The molecule has 2 aromatic rings. The van der Waals surface area contributed by atoms with Crippen LogP contribution in [0.25, 0.3) is 10.8 Å². The van der Waals surface area contributed by atoms with Gasteiger partial charge in [0.15, 0.2) is 0 Å². The molecule has 0 aliphatic carbocycles. The summed E-state index contributed by atoms with van der Waals surface area (Å²) in [4.78, 5) is 10.3. The highest BCUT2D eigenvalue weighted by Crippen LogP contribution is 2.23. The topological polar surface area (TPSA) is 29.1 Å². The van der Waals surface area contributed by atoms with Crippen LogP contribution in [-0.4, -0.2) is 6.41 Å². The molecule has 0 unspecified atom stereocenters. The van der Waals surface area contributed by atoms with Crippen LogP contribution in [0.5, 0.6) is 0 Å². The first-order chi connectivity index (χ1) is 7.33. The van der Waals surface area contributed by atoms with E-state index in [1.54, 1.807) is 6.41 Å². The Labute approximate surface area is 88.9 Å². The van der Waals surface area contributed by atoms with Crippen molar-refractivity contribution in [2.24, 2.45) is 0 Å². The largest absolute Gasteiger partial charge is 0.341 e. The quantitative estimate of drug-likeness (QED) is 0.754. The van der Waals surface area contributed by atoms with E-state index in [1.807, 2.05) is 31.2 Å². The Bertz CT molecular complexity index is 473. The Kier molecular flexibility index (Phi) is 2.68. The highest BCUT2D eigenvalue weighted by atomic mass is 16.1. The predicted octanol–water partition coefficient (Wildman–Crippen LogP) is 2.56. The van der Waals surface area contributed by atoms with Crippen LogP contribution >= 0.6 is 0 Å². The van der Waals surface area contributed by atoms with Crippen LogP contribution < -0.4 is 5.32 Å². The molecular weight excluding hydrogens is 186 g/mol. The number of hydrogen-bond donors (Lipinski definition) is 1. The SMILES string of the molecule is C[C@@H](N[C]=O)c1cccc2ccccc12. The molecule has 0 saturated carbocycles. The fourth-order valence-electron chi connectivity index (χ4n) is 1.79. The molecule has 0 heterocycles. The van der Waals surface area contributed by atoms with E-state index in [9.17, 15) is 4.79 Å². The lowest BCUT2D eigenvalue weighted by atomic mass is 10.00. The van der Waals surface area contributed by atoms with Crippen molar-refractivity contribution in [1.82, 2.24) is 5.32 Å². The van der Waals surface area contributed by atoms with Crippen molar-refractivity contribution in [2.45, 2.75) is 13.0 Å². The molecule has 2 aromatic carbocycles. The first kappa shape index (κ1) is 9.71. The van der Waals surface area contributed by atoms with Gasteiger partial charge in [0.2, 0.25) is 0 Å². The maximum Gasteiger partial charge on any atom is 0.309 e. The minimum Gasteiger partial charge on any atom is -0.341 e. The maximum atomic E-state index is 10.3. The molecule has 1 amide bonds. The second-order valence-corrected chi connectivity index (χ2v) is 3.54. The Balaban J connectivity index is 2.55. The summed E-state index contributed by atoms with van der Waals surface area (Å²) in [5.74, 6) is 0. The third-order valence-corrected chi connectivity index (χ3v) is 2.57. The minimum atomic E-state index is -0.00593. The smallest absolute Gasteiger partial charge is 0.309 e. The van der Waals surface area contributed by atoms with E-state index in [4.69, 9.17) is 0 Å². The summed E-state index contributed by atoms with van der Waals surface area (Å²) >= 11 is 0. The Morgan fingerprint density at radius 2 is 1.87 bits per heavy atom. The fraction of sp³-hybridized carbons (Fsp3) is 0.154. The summed E-state index contributed by atoms with van der Waals surface area (Å²) in [6, 6.07) is 14.2. The second-order valence-electron chi connectivity index (χ2n) is 3.54. The van der Waals surface area contributed by atoms with Gasteiger partial charge in [0.05, 0.1) is 6.04 Å². The average Bonchev–Trinajstić information content (AvgIpc) is 2.28. The summed E-state index contributed by atoms with van der Waals surface area (Å²) < 4.78 is 0. The normalized spacial score (nSPS) is 12.3. The monoisotopic (exact) mass is 198 g/mol. The summed E-state index contributed by atoms with van der Waals surface area (Å²) in [7, 11) is 0. The predicted molar refractivity (Wildman–Crippen MR) is 61.2 cm³/mol. The van der Waals surface area contributed by atoms with Crippen molar-refractivity contribution in [3.63, 3.8) is 0 Å². The minimum absolute atomic E-state index is 0.00593. The zero-order chi connectivity index (χ0) is 10.7. The molecule has 2 nitrogen and oxygen atoms in total.